The van der Waals surface area contributed by atoms with Gasteiger partial charge >= 0.3 is 24.0 Å². The van der Waals surface area contributed by atoms with Crippen LogP contribution in [-0.2, 0) is 36.3 Å². The first-order valence-corrected chi connectivity index (χ1v) is 15.8. The van der Waals surface area contributed by atoms with Crippen LogP contribution >= 0.6 is 0 Å². The summed E-state index contributed by atoms with van der Waals surface area (Å²) in [6.07, 6.45) is -11.9. The van der Waals surface area contributed by atoms with E-state index in [9.17, 15) is 58.2 Å². The van der Waals surface area contributed by atoms with Gasteiger partial charge in [0, 0.05) is 23.4 Å². The second-order valence-electron chi connectivity index (χ2n) is 12.1. The van der Waals surface area contributed by atoms with Crippen molar-refractivity contribution in [1.82, 2.24) is 5.32 Å². The zero-order chi connectivity index (χ0) is 33.2. The van der Waals surface area contributed by atoms with Gasteiger partial charge in [0.2, 0.25) is 5.91 Å². The number of hydrogen-bond donors (Lipinski definition) is 2. The minimum absolute atomic E-state index is 0.0785. The third-order valence-electron chi connectivity index (χ3n) is 9.75. The number of fused-ring (bicyclic) bond motifs is 3. The van der Waals surface area contributed by atoms with E-state index >= 15 is 0 Å². The van der Waals surface area contributed by atoms with Crippen molar-refractivity contribution in [3.8, 4) is 0 Å². The zero-order valence-electron chi connectivity index (χ0n) is 23.5. The first kappa shape index (κ1) is 33.1. The largest absolute Gasteiger partial charge is 0.481 e. The number of amides is 1. The molecular formula is C30H29F8NO5S. The molecule has 0 saturated heterocycles. The number of benzene rings is 2. The molecule has 2 aromatic carbocycles. The van der Waals surface area contributed by atoms with Crippen molar-refractivity contribution in [2.75, 3.05) is 0 Å². The van der Waals surface area contributed by atoms with Crippen LogP contribution < -0.4 is 5.32 Å². The molecule has 6 nitrogen and oxygen atoms in total. The molecule has 1 amide bonds. The summed E-state index contributed by atoms with van der Waals surface area (Å²) in [6, 6.07) is 4.56. The predicted molar refractivity (Wildman–Crippen MR) is 143 cm³/mol. The number of sulfone groups is 1. The summed E-state index contributed by atoms with van der Waals surface area (Å²) in [5.74, 6) is -4.09. The lowest BCUT2D eigenvalue weighted by Crippen LogP contribution is -2.51. The highest BCUT2D eigenvalue weighted by Gasteiger charge is 2.73. The van der Waals surface area contributed by atoms with Gasteiger partial charge in [0.25, 0.3) is 0 Å². The van der Waals surface area contributed by atoms with Crippen LogP contribution in [0, 0.1) is 23.6 Å². The second kappa shape index (κ2) is 11.2. The fourth-order valence-electron chi connectivity index (χ4n) is 7.46. The van der Waals surface area contributed by atoms with E-state index in [1.807, 2.05) is 0 Å². The molecule has 5 rings (SSSR count). The highest BCUT2D eigenvalue weighted by atomic mass is 32.2. The molecule has 2 fully saturated rings. The van der Waals surface area contributed by atoms with Gasteiger partial charge in [0.05, 0.1) is 10.8 Å². The van der Waals surface area contributed by atoms with E-state index < -0.39 is 79.7 Å². The van der Waals surface area contributed by atoms with Gasteiger partial charge in [-0.1, -0.05) is 18.2 Å². The molecule has 15 heteroatoms. The normalized spacial score (nSPS) is 27.4. The molecule has 0 heterocycles. The van der Waals surface area contributed by atoms with Crippen LogP contribution in [0.1, 0.15) is 61.6 Å². The van der Waals surface area contributed by atoms with Crippen molar-refractivity contribution in [1.29, 1.82) is 0 Å². The van der Waals surface area contributed by atoms with E-state index in [0.717, 1.165) is 30.3 Å². The summed E-state index contributed by atoms with van der Waals surface area (Å²) in [5.41, 5.74) is -7.74. The minimum atomic E-state index is -6.36. The van der Waals surface area contributed by atoms with Gasteiger partial charge in [-0.15, -0.1) is 0 Å². The molecule has 2 saturated carbocycles. The number of aliphatic carboxylic acids is 1. The first-order valence-electron chi connectivity index (χ1n) is 14.3. The average Bonchev–Trinajstić information content (AvgIpc) is 3.35. The molecule has 246 valence electrons. The Morgan fingerprint density at radius 3 is 1.96 bits per heavy atom. The molecule has 2 N–H and O–H groups in total. The first-order chi connectivity index (χ1) is 20.8. The van der Waals surface area contributed by atoms with Crippen LogP contribution in [0.2, 0.25) is 0 Å². The number of alkyl halides is 7. The van der Waals surface area contributed by atoms with Crippen LogP contribution in [0.4, 0.5) is 35.1 Å². The van der Waals surface area contributed by atoms with Crippen molar-refractivity contribution in [2.24, 2.45) is 17.8 Å². The van der Waals surface area contributed by atoms with E-state index in [0.29, 0.717) is 25.0 Å². The van der Waals surface area contributed by atoms with Gasteiger partial charge in [-0.2, -0.15) is 26.3 Å². The molecule has 2 aromatic rings. The molecule has 3 aliphatic carbocycles. The maximum Gasteiger partial charge on any atom is 0.435 e. The summed E-state index contributed by atoms with van der Waals surface area (Å²) in [6.45, 7) is 0. The third kappa shape index (κ3) is 5.28. The Balaban J connectivity index is 1.56. The lowest BCUT2D eigenvalue weighted by Gasteiger charge is -2.43. The third-order valence-corrected chi connectivity index (χ3v) is 12.3. The monoisotopic (exact) mass is 667 g/mol. The highest BCUT2D eigenvalue weighted by molar-refractivity contribution is 7.92. The van der Waals surface area contributed by atoms with E-state index in [4.69, 9.17) is 0 Å². The van der Waals surface area contributed by atoms with E-state index in [1.165, 1.54) is 0 Å². The summed E-state index contributed by atoms with van der Waals surface area (Å²) >= 11 is 0. The fourth-order valence-corrected chi connectivity index (χ4v) is 9.93. The molecule has 0 aliphatic heterocycles. The molecule has 0 bridgehead atoms. The Labute approximate surface area is 253 Å². The number of carbonyl (C=O) groups is 2. The number of carbonyl (C=O) groups excluding carboxylic acids is 1. The molecular weight excluding hydrogens is 638 g/mol. The molecule has 3 aliphatic rings. The van der Waals surface area contributed by atoms with Crippen molar-refractivity contribution >= 4 is 21.7 Å². The van der Waals surface area contributed by atoms with Gasteiger partial charge in [0.15, 0.2) is 9.84 Å². The Bertz CT molecular complexity index is 1570. The number of carboxylic acid groups (broad SMARTS) is 1. The lowest BCUT2D eigenvalue weighted by atomic mass is 9.73. The van der Waals surface area contributed by atoms with Crippen LogP contribution in [0.3, 0.4) is 0 Å². The quantitative estimate of drug-likeness (QED) is 0.270. The van der Waals surface area contributed by atoms with Crippen LogP contribution in [0.25, 0.3) is 0 Å². The van der Waals surface area contributed by atoms with Gasteiger partial charge in [-0.05, 0) is 86.8 Å². The topological polar surface area (TPSA) is 101 Å². The van der Waals surface area contributed by atoms with Gasteiger partial charge < -0.3 is 10.4 Å². The second-order valence-corrected chi connectivity index (χ2v) is 14.3. The number of halogens is 8. The van der Waals surface area contributed by atoms with E-state index in [2.05, 4.69) is 5.32 Å². The minimum Gasteiger partial charge on any atom is -0.481 e. The Kier molecular flexibility index (Phi) is 8.27. The SMILES string of the molecule is O=C(O)[C@H]1CC[C@H](C(=O)N[C@@H]2CC[C@@]3(S(=O)(=O)c4ccc(F)cc4)c4ccc(C(F)(C(F)(F)F)C(F)(F)F)cc4CC[C@@H]23)CC1. The van der Waals surface area contributed by atoms with E-state index in [-0.39, 0.29) is 54.5 Å². The Morgan fingerprint density at radius 1 is 0.822 bits per heavy atom. The Hall–Kier alpha value is -3.23. The lowest BCUT2D eigenvalue weighted by molar-refractivity contribution is -0.348. The number of aryl methyl sites for hydroxylation is 1. The highest BCUT2D eigenvalue weighted by Crippen LogP contribution is 2.59. The zero-order valence-corrected chi connectivity index (χ0v) is 24.3. The van der Waals surface area contributed by atoms with Crippen LogP contribution in [-0.4, -0.2) is 43.8 Å². The number of hydrogen-bond acceptors (Lipinski definition) is 4. The van der Waals surface area contributed by atoms with Crippen molar-refractivity contribution in [3.63, 3.8) is 0 Å². The van der Waals surface area contributed by atoms with E-state index in [1.54, 1.807) is 0 Å². The maximum absolute atomic E-state index is 15.0. The average molecular weight is 668 g/mol. The summed E-state index contributed by atoms with van der Waals surface area (Å²) in [4.78, 5) is 24.2. The Morgan fingerprint density at radius 2 is 1.40 bits per heavy atom. The predicted octanol–water partition coefficient (Wildman–Crippen LogP) is 6.52. The number of rotatable bonds is 6. The molecule has 0 aromatic heterocycles. The van der Waals surface area contributed by atoms with Crippen molar-refractivity contribution in [3.05, 3.63) is 65.0 Å². The molecule has 3 atom stereocenters. The summed E-state index contributed by atoms with van der Waals surface area (Å²) in [7, 11) is -4.53. The maximum atomic E-state index is 15.0. The van der Waals surface area contributed by atoms with Crippen LogP contribution in [0.15, 0.2) is 47.4 Å². The van der Waals surface area contributed by atoms with Gasteiger partial charge in [0.1, 0.15) is 10.6 Å². The van der Waals surface area contributed by atoms with Crippen molar-refractivity contribution in [2.45, 2.75) is 85.1 Å². The summed E-state index contributed by atoms with van der Waals surface area (Å²) < 4.78 is 137. The number of carboxylic acids is 1. The number of nitrogens with one attached hydrogen (secondary N) is 1. The van der Waals surface area contributed by atoms with Gasteiger partial charge in [-0.25, -0.2) is 17.2 Å². The molecule has 0 unspecified atom stereocenters. The summed E-state index contributed by atoms with van der Waals surface area (Å²) in [5, 5.41) is 12.1. The van der Waals surface area contributed by atoms with Crippen LogP contribution in [0.5, 0.6) is 0 Å². The molecule has 0 radical (unpaired) electrons. The van der Waals surface area contributed by atoms with Gasteiger partial charge in [-0.3, -0.25) is 9.59 Å². The fraction of sp³-hybridized carbons (Fsp3) is 0.533. The van der Waals surface area contributed by atoms with Crippen molar-refractivity contribution < 1.29 is 58.2 Å². The smallest absolute Gasteiger partial charge is 0.435 e. The molecule has 0 spiro atoms. The molecule has 45 heavy (non-hydrogen) atoms. The standard InChI is InChI=1S/C30H29F8NO5S/c31-20-7-9-21(10-8-20)45(43,44)27-14-13-24(39-25(40)16-1-3-17(4-2-16)26(41)42)23(27)11-5-18-15-19(6-12-22(18)27)28(32,29(33,34)35)30(36,37)38/h6-10,12,15-17,23-24H,1-5,11,13-14H2,(H,39,40)(H,41,42)/t16-,17-,23-,24+,27+/m0/s1.